The van der Waals surface area contributed by atoms with E-state index < -0.39 is 5.91 Å². The monoisotopic (exact) mass is 412 g/mol. The summed E-state index contributed by atoms with van der Waals surface area (Å²) in [6.45, 7) is 3.38. The highest BCUT2D eigenvalue weighted by atomic mass is 19.1. The molecule has 0 bridgehead atoms. The van der Waals surface area contributed by atoms with Crippen LogP contribution in [0.2, 0.25) is 0 Å². The molecule has 2 aromatic carbocycles. The lowest BCUT2D eigenvalue weighted by molar-refractivity contribution is 0.0945. The van der Waals surface area contributed by atoms with Gasteiger partial charge in [0.25, 0.3) is 5.91 Å². The van der Waals surface area contributed by atoms with Crippen LogP contribution in [0.4, 0.5) is 14.5 Å². The maximum absolute atomic E-state index is 14.0. The first-order chi connectivity index (χ1) is 14.6. The number of aromatic nitrogens is 1. The van der Waals surface area contributed by atoms with Crippen LogP contribution in [0.3, 0.4) is 0 Å². The van der Waals surface area contributed by atoms with E-state index in [1.807, 2.05) is 11.0 Å². The van der Waals surface area contributed by atoms with Gasteiger partial charge in [-0.25, -0.2) is 13.8 Å². The van der Waals surface area contributed by atoms with Gasteiger partial charge in [-0.05, 0) is 18.2 Å². The maximum Gasteiger partial charge on any atom is 0.273 e. The minimum atomic E-state index is -0.419. The number of anilines is 1. The zero-order valence-corrected chi connectivity index (χ0v) is 16.4. The predicted octanol–water partition coefficient (Wildman–Crippen LogP) is 3.21. The zero-order valence-electron chi connectivity index (χ0n) is 16.4. The number of halogens is 2. The van der Waals surface area contributed by atoms with E-state index >= 15 is 0 Å². The van der Waals surface area contributed by atoms with E-state index in [0.29, 0.717) is 36.8 Å². The number of oxazole rings is 1. The van der Waals surface area contributed by atoms with Gasteiger partial charge in [-0.3, -0.25) is 9.69 Å². The third-order valence-electron chi connectivity index (χ3n) is 5.11. The first kappa shape index (κ1) is 20.0. The third-order valence-corrected chi connectivity index (χ3v) is 5.11. The van der Waals surface area contributed by atoms with Crippen molar-refractivity contribution in [3.8, 4) is 0 Å². The van der Waals surface area contributed by atoms with Gasteiger partial charge >= 0.3 is 0 Å². The molecule has 0 spiro atoms. The second-order valence-corrected chi connectivity index (χ2v) is 7.12. The van der Waals surface area contributed by atoms with Crippen molar-refractivity contribution in [3.05, 3.63) is 83.6 Å². The molecule has 0 aliphatic carbocycles. The van der Waals surface area contributed by atoms with Crippen LogP contribution in [-0.2, 0) is 13.1 Å². The molecule has 3 aromatic rings. The molecular weight excluding hydrogens is 390 g/mol. The van der Waals surface area contributed by atoms with Crippen molar-refractivity contribution in [1.29, 1.82) is 0 Å². The summed E-state index contributed by atoms with van der Waals surface area (Å²) < 4.78 is 33.0. The average Bonchev–Trinajstić information content (AvgIpc) is 3.23. The van der Waals surface area contributed by atoms with Gasteiger partial charge in [-0.1, -0.05) is 30.3 Å². The highest BCUT2D eigenvalue weighted by molar-refractivity contribution is 5.91. The number of rotatable bonds is 6. The Kier molecular flexibility index (Phi) is 6.04. The van der Waals surface area contributed by atoms with Gasteiger partial charge in [0, 0.05) is 38.3 Å². The molecule has 2 heterocycles. The summed E-state index contributed by atoms with van der Waals surface area (Å²) in [6, 6.07) is 13.0. The van der Waals surface area contributed by atoms with Gasteiger partial charge in [0.1, 0.15) is 17.9 Å². The van der Waals surface area contributed by atoms with Gasteiger partial charge in [-0.15, -0.1) is 0 Å². The number of nitrogens with one attached hydrogen (secondary N) is 1. The van der Waals surface area contributed by atoms with E-state index in [1.165, 1.54) is 18.4 Å². The van der Waals surface area contributed by atoms with E-state index in [9.17, 15) is 13.6 Å². The minimum absolute atomic E-state index is 0.0751. The molecule has 1 N–H and O–H groups in total. The number of carbonyl (C=O) groups excluding carboxylic acids is 1. The molecule has 4 rings (SSSR count). The van der Waals surface area contributed by atoms with Gasteiger partial charge in [0.2, 0.25) is 5.89 Å². The number of benzene rings is 2. The van der Waals surface area contributed by atoms with Gasteiger partial charge in [0.15, 0.2) is 5.69 Å². The SMILES string of the molecule is O=C(NCc1ccccc1F)c1coc(CN2CCN(c3ccccc3F)CC2)n1. The Labute approximate surface area is 173 Å². The number of hydrogen-bond donors (Lipinski definition) is 1. The highest BCUT2D eigenvalue weighted by Crippen LogP contribution is 2.20. The summed E-state index contributed by atoms with van der Waals surface area (Å²) in [5.41, 5.74) is 1.18. The lowest BCUT2D eigenvalue weighted by atomic mass is 10.2. The molecule has 30 heavy (non-hydrogen) atoms. The molecule has 0 radical (unpaired) electrons. The number of hydrogen-bond acceptors (Lipinski definition) is 5. The normalized spacial score (nSPS) is 14.7. The van der Waals surface area contributed by atoms with Crippen LogP contribution < -0.4 is 10.2 Å². The zero-order chi connectivity index (χ0) is 20.9. The molecule has 156 valence electrons. The summed E-state index contributed by atoms with van der Waals surface area (Å²) in [6.07, 6.45) is 1.31. The predicted molar refractivity (Wildman–Crippen MR) is 108 cm³/mol. The molecule has 1 aliphatic heterocycles. The second-order valence-electron chi connectivity index (χ2n) is 7.12. The van der Waals surface area contributed by atoms with Crippen LogP contribution in [0.25, 0.3) is 0 Å². The summed E-state index contributed by atoms with van der Waals surface area (Å²) in [4.78, 5) is 20.7. The van der Waals surface area contributed by atoms with Crippen LogP contribution in [0, 0.1) is 11.6 Å². The number of nitrogens with zero attached hydrogens (tertiary/aromatic N) is 3. The quantitative estimate of drug-likeness (QED) is 0.674. The maximum atomic E-state index is 14.0. The van der Waals surface area contributed by atoms with Crippen molar-refractivity contribution in [2.75, 3.05) is 31.1 Å². The van der Waals surface area contributed by atoms with E-state index in [-0.39, 0.29) is 23.9 Å². The summed E-state index contributed by atoms with van der Waals surface area (Å²) >= 11 is 0. The molecule has 1 aliphatic rings. The van der Waals surface area contributed by atoms with Gasteiger partial charge < -0.3 is 14.6 Å². The van der Waals surface area contributed by atoms with Crippen LogP contribution in [0.5, 0.6) is 0 Å². The first-order valence-corrected chi connectivity index (χ1v) is 9.78. The fourth-order valence-corrected chi connectivity index (χ4v) is 3.44. The second kappa shape index (κ2) is 9.04. The Hall–Kier alpha value is -3.26. The summed E-state index contributed by atoms with van der Waals surface area (Å²) in [7, 11) is 0. The standard InChI is InChI=1S/C22H22F2N4O2/c23-17-6-2-1-5-16(17)13-25-22(29)19-15-30-21(26-19)14-27-9-11-28(12-10-27)20-8-4-3-7-18(20)24/h1-8,15H,9-14H2,(H,25,29). The summed E-state index contributed by atoms with van der Waals surface area (Å²) in [5.74, 6) is -0.569. The Morgan fingerprint density at radius 3 is 2.43 bits per heavy atom. The molecule has 1 amide bonds. The number of piperazine rings is 1. The van der Waals surface area contributed by atoms with Gasteiger partial charge in [0.05, 0.1) is 12.2 Å². The molecule has 8 heteroatoms. The molecule has 0 unspecified atom stereocenters. The lowest BCUT2D eigenvalue weighted by Crippen LogP contribution is -2.46. The van der Waals surface area contributed by atoms with Crippen molar-refractivity contribution in [3.63, 3.8) is 0 Å². The number of carbonyl (C=O) groups is 1. The molecular formula is C22H22F2N4O2. The molecule has 6 nitrogen and oxygen atoms in total. The fourth-order valence-electron chi connectivity index (χ4n) is 3.44. The van der Waals surface area contributed by atoms with Crippen LogP contribution in [0.15, 0.2) is 59.2 Å². The number of para-hydroxylation sites is 1. The van der Waals surface area contributed by atoms with Gasteiger partial charge in [-0.2, -0.15) is 0 Å². The van der Waals surface area contributed by atoms with E-state index in [1.54, 1.807) is 30.3 Å². The van der Waals surface area contributed by atoms with Crippen LogP contribution >= 0.6 is 0 Å². The molecule has 1 fully saturated rings. The molecule has 1 aromatic heterocycles. The number of amides is 1. The van der Waals surface area contributed by atoms with E-state index in [2.05, 4.69) is 15.2 Å². The van der Waals surface area contributed by atoms with E-state index in [4.69, 9.17) is 4.42 Å². The van der Waals surface area contributed by atoms with Crippen molar-refractivity contribution >= 4 is 11.6 Å². The lowest BCUT2D eigenvalue weighted by Gasteiger charge is -2.35. The van der Waals surface area contributed by atoms with Crippen molar-refractivity contribution in [2.24, 2.45) is 0 Å². The largest absolute Gasteiger partial charge is 0.447 e. The van der Waals surface area contributed by atoms with Crippen molar-refractivity contribution < 1.29 is 18.0 Å². The Bertz CT molecular complexity index is 1020. The Morgan fingerprint density at radius 1 is 1.00 bits per heavy atom. The van der Waals surface area contributed by atoms with E-state index in [0.717, 1.165) is 13.1 Å². The van der Waals surface area contributed by atoms with Crippen LogP contribution in [-0.4, -0.2) is 42.0 Å². The van der Waals surface area contributed by atoms with Crippen molar-refractivity contribution in [2.45, 2.75) is 13.1 Å². The average molecular weight is 412 g/mol. The first-order valence-electron chi connectivity index (χ1n) is 9.78. The molecule has 0 atom stereocenters. The third kappa shape index (κ3) is 4.65. The minimum Gasteiger partial charge on any atom is -0.447 e. The fraction of sp³-hybridized carbons (Fsp3) is 0.273. The topological polar surface area (TPSA) is 61.6 Å². The Balaban J connectivity index is 1.28. The Morgan fingerprint density at radius 2 is 1.70 bits per heavy atom. The smallest absolute Gasteiger partial charge is 0.273 e. The highest BCUT2D eigenvalue weighted by Gasteiger charge is 2.21. The molecule has 0 saturated carbocycles. The molecule has 1 saturated heterocycles. The van der Waals surface area contributed by atoms with Crippen LogP contribution in [0.1, 0.15) is 21.9 Å². The summed E-state index contributed by atoms with van der Waals surface area (Å²) in [5, 5.41) is 2.65. The van der Waals surface area contributed by atoms with Crippen molar-refractivity contribution in [1.82, 2.24) is 15.2 Å².